The van der Waals surface area contributed by atoms with E-state index in [2.05, 4.69) is 5.32 Å². The minimum atomic E-state index is -3.33. The molecule has 0 unspecified atom stereocenters. The SMILES string of the molecule is CC(C)S(=O)(=O)N1CCC([C@H](NC(=O)c2ccc3c(c2)OCO3)C(=O)N2CCCC2)CC1. The molecule has 0 aromatic heterocycles. The van der Waals surface area contributed by atoms with Crippen molar-refractivity contribution >= 4 is 21.8 Å². The summed E-state index contributed by atoms with van der Waals surface area (Å²) < 4.78 is 37.2. The third-order valence-corrected chi connectivity index (χ3v) is 8.81. The zero-order valence-corrected chi connectivity index (χ0v) is 19.4. The largest absolute Gasteiger partial charge is 0.454 e. The third kappa shape index (κ3) is 4.56. The van der Waals surface area contributed by atoms with E-state index >= 15 is 0 Å². The van der Waals surface area contributed by atoms with Crippen LogP contribution in [0.3, 0.4) is 0 Å². The minimum absolute atomic E-state index is 0.0817. The van der Waals surface area contributed by atoms with E-state index in [1.54, 1.807) is 32.0 Å². The smallest absolute Gasteiger partial charge is 0.252 e. The summed E-state index contributed by atoms with van der Waals surface area (Å²) in [6.45, 7) is 5.56. The predicted molar refractivity (Wildman–Crippen MR) is 118 cm³/mol. The van der Waals surface area contributed by atoms with Crippen LogP contribution >= 0.6 is 0 Å². The van der Waals surface area contributed by atoms with Crippen LogP contribution in [0.1, 0.15) is 49.9 Å². The van der Waals surface area contributed by atoms with Crippen molar-refractivity contribution in [2.75, 3.05) is 33.0 Å². The van der Waals surface area contributed by atoms with Crippen molar-refractivity contribution in [3.8, 4) is 11.5 Å². The lowest BCUT2D eigenvalue weighted by atomic mass is 9.89. The highest BCUT2D eigenvalue weighted by Gasteiger charge is 2.38. The molecule has 2 amide bonds. The Hall–Kier alpha value is -2.33. The van der Waals surface area contributed by atoms with E-state index in [4.69, 9.17) is 9.47 Å². The highest BCUT2D eigenvalue weighted by Crippen LogP contribution is 2.33. The number of piperidine rings is 1. The van der Waals surface area contributed by atoms with Gasteiger partial charge in [-0.25, -0.2) is 12.7 Å². The van der Waals surface area contributed by atoms with Gasteiger partial charge in [0.1, 0.15) is 6.04 Å². The Bertz CT molecular complexity index is 966. The van der Waals surface area contributed by atoms with Crippen molar-refractivity contribution in [1.82, 2.24) is 14.5 Å². The van der Waals surface area contributed by atoms with Gasteiger partial charge < -0.3 is 19.7 Å². The van der Waals surface area contributed by atoms with Gasteiger partial charge >= 0.3 is 0 Å². The number of carbonyl (C=O) groups is 2. The lowest BCUT2D eigenvalue weighted by Gasteiger charge is -2.37. The van der Waals surface area contributed by atoms with Crippen LogP contribution in [-0.4, -0.2) is 73.7 Å². The number of benzene rings is 1. The topological polar surface area (TPSA) is 105 Å². The van der Waals surface area contributed by atoms with E-state index < -0.39 is 21.3 Å². The van der Waals surface area contributed by atoms with Gasteiger partial charge in [0.15, 0.2) is 11.5 Å². The van der Waals surface area contributed by atoms with E-state index in [0.29, 0.717) is 56.1 Å². The van der Waals surface area contributed by atoms with Gasteiger partial charge in [0.2, 0.25) is 22.7 Å². The number of nitrogens with one attached hydrogen (secondary N) is 1. The van der Waals surface area contributed by atoms with Crippen molar-refractivity contribution in [2.45, 2.75) is 50.8 Å². The molecule has 0 radical (unpaired) electrons. The third-order valence-electron chi connectivity index (χ3n) is 6.53. The van der Waals surface area contributed by atoms with Crippen molar-refractivity contribution in [3.05, 3.63) is 23.8 Å². The molecule has 176 valence electrons. The summed E-state index contributed by atoms with van der Waals surface area (Å²) in [5.41, 5.74) is 0.397. The maximum atomic E-state index is 13.3. The second-order valence-electron chi connectivity index (χ2n) is 8.88. The molecule has 1 aromatic rings. The first-order chi connectivity index (χ1) is 15.3. The highest BCUT2D eigenvalue weighted by molar-refractivity contribution is 7.89. The van der Waals surface area contributed by atoms with E-state index in [1.807, 2.05) is 4.90 Å². The molecule has 0 bridgehead atoms. The Morgan fingerprint density at radius 1 is 1.03 bits per heavy atom. The first-order valence-electron chi connectivity index (χ1n) is 11.3. The molecule has 1 N–H and O–H groups in total. The molecule has 3 aliphatic heterocycles. The summed E-state index contributed by atoms with van der Waals surface area (Å²) >= 11 is 0. The normalized spacial score (nSPS) is 20.5. The summed E-state index contributed by atoms with van der Waals surface area (Å²) in [6, 6.07) is 4.27. The van der Waals surface area contributed by atoms with Gasteiger partial charge in [-0.2, -0.15) is 0 Å². The molecule has 2 saturated heterocycles. The molecule has 0 saturated carbocycles. The van der Waals surface area contributed by atoms with Crippen molar-refractivity contribution in [3.63, 3.8) is 0 Å². The van der Waals surface area contributed by atoms with Crippen LogP contribution in [0, 0.1) is 5.92 Å². The summed E-state index contributed by atoms with van der Waals surface area (Å²) in [6.07, 6.45) is 2.97. The van der Waals surface area contributed by atoms with Crippen molar-refractivity contribution < 1.29 is 27.5 Å². The van der Waals surface area contributed by atoms with Gasteiger partial charge in [-0.3, -0.25) is 9.59 Å². The average molecular weight is 466 g/mol. The molecule has 0 aliphatic carbocycles. The second kappa shape index (κ2) is 9.27. The van der Waals surface area contributed by atoms with Gasteiger partial charge in [-0.1, -0.05) is 0 Å². The maximum Gasteiger partial charge on any atom is 0.252 e. The second-order valence-corrected chi connectivity index (χ2v) is 11.4. The average Bonchev–Trinajstić information content (AvgIpc) is 3.48. The van der Waals surface area contributed by atoms with Crippen LogP contribution in [0.2, 0.25) is 0 Å². The molecule has 1 atom stereocenters. The van der Waals surface area contributed by atoms with Gasteiger partial charge in [0, 0.05) is 31.7 Å². The molecular formula is C22H31N3O6S. The van der Waals surface area contributed by atoms with E-state index in [-0.39, 0.29) is 24.5 Å². The molecule has 0 spiro atoms. The molecule has 3 aliphatic rings. The fourth-order valence-corrected chi connectivity index (χ4v) is 5.86. The summed E-state index contributed by atoms with van der Waals surface area (Å²) in [5, 5.41) is 2.47. The lowest BCUT2D eigenvalue weighted by Crippen LogP contribution is -2.54. The molecular weight excluding hydrogens is 434 g/mol. The lowest BCUT2D eigenvalue weighted by molar-refractivity contribution is -0.133. The van der Waals surface area contributed by atoms with Gasteiger partial charge in [0.25, 0.3) is 5.91 Å². The van der Waals surface area contributed by atoms with Crippen LogP contribution < -0.4 is 14.8 Å². The number of ether oxygens (including phenoxy) is 2. The Labute approximate surface area is 189 Å². The zero-order chi connectivity index (χ0) is 22.9. The van der Waals surface area contributed by atoms with Gasteiger partial charge in [-0.05, 0) is 63.6 Å². The predicted octanol–water partition coefficient (Wildman–Crippen LogP) is 1.59. The van der Waals surface area contributed by atoms with Crippen molar-refractivity contribution in [2.24, 2.45) is 5.92 Å². The number of carbonyl (C=O) groups excluding carboxylic acids is 2. The van der Waals surface area contributed by atoms with Crippen LogP contribution in [0.15, 0.2) is 18.2 Å². The number of nitrogens with zero attached hydrogens (tertiary/aromatic N) is 2. The fraction of sp³-hybridized carbons (Fsp3) is 0.636. The monoisotopic (exact) mass is 465 g/mol. The minimum Gasteiger partial charge on any atom is -0.454 e. The zero-order valence-electron chi connectivity index (χ0n) is 18.6. The van der Waals surface area contributed by atoms with Gasteiger partial charge in [0.05, 0.1) is 5.25 Å². The Kier molecular flexibility index (Phi) is 6.62. The number of sulfonamides is 1. The molecule has 9 nitrogen and oxygen atoms in total. The van der Waals surface area contributed by atoms with E-state index in [1.165, 1.54) is 4.31 Å². The van der Waals surface area contributed by atoms with Crippen molar-refractivity contribution in [1.29, 1.82) is 0 Å². The Balaban J connectivity index is 1.49. The quantitative estimate of drug-likeness (QED) is 0.684. The number of likely N-dealkylation sites (tertiary alicyclic amines) is 1. The van der Waals surface area contributed by atoms with E-state index in [9.17, 15) is 18.0 Å². The summed E-state index contributed by atoms with van der Waals surface area (Å²) in [7, 11) is -3.33. The molecule has 32 heavy (non-hydrogen) atoms. The fourth-order valence-electron chi connectivity index (χ4n) is 4.54. The summed E-state index contributed by atoms with van der Waals surface area (Å²) in [4.78, 5) is 28.2. The Morgan fingerprint density at radius 3 is 2.34 bits per heavy atom. The summed E-state index contributed by atoms with van der Waals surface area (Å²) in [5.74, 6) is 0.539. The molecule has 2 fully saturated rings. The number of amides is 2. The number of fused-ring (bicyclic) bond motifs is 1. The molecule has 1 aromatic carbocycles. The van der Waals surface area contributed by atoms with Crippen LogP contribution in [0.5, 0.6) is 11.5 Å². The molecule has 10 heteroatoms. The number of rotatable bonds is 6. The number of hydrogen-bond donors (Lipinski definition) is 1. The first kappa shape index (κ1) is 22.8. The van der Waals surface area contributed by atoms with Gasteiger partial charge in [-0.15, -0.1) is 0 Å². The first-order valence-corrected chi connectivity index (χ1v) is 12.8. The van der Waals surface area contributed by atoms with E-state index in [0.717, 1.165) is 12.8 Å². The highest BCUT2D eigenvalue weighted by atomic mass is 32.2. The molecule has 4 rings (SSSR count). The van der Waals surface area contributed by atoms with Crippen LogP contribution in [0.4, 0.5) is 0 Å². The maximum absolute atomic E-state index is 13.3. The van der Waals surface area contributed by atoms with Crippen LogP contribution in [0.25, 0.3) is 0 Å². The standard InChI is InChI=1S/C22H31N3O6S/c1-15(2)32(28,29)25-11-7-16(8-12-25)20(22(27)24-9-3-4-10-24)23-21(26)17-5-6-18-19(13-17)31-14-30-18/h5-6,13,15-16,20H,3-4,7-12,14H2,1-2H3,(H,23,26)/t20-/m0/s1. The van der Waals surface area contributed by atoms with Crippen LogP contribution in [-0.2, 0) is 14.8 Å². The number of hydrogen-bond acceptors (Lipinski definition) is 6. The molecule has 3 heterocycles. The Morgan fingerprint density at radius 2 is 1.69 bits per heavy atom.